The Morgan fingerprint density at radius 2 is 2.00 bits per heavy atom. The van der Waals surface area contributed by atoms with E-state index in [0.717, 1.165) is 6.07 Å². The Balaban J connectivity index is 3.04. The van der Waals surface area contributed by atoms with Crippen molar-refractivity contribution in [2.75, 3.05) is 6.61 Å². The minimum atomic E-state index is -4.34. The first-order valence-electron chi connectivity index (χ1n) is 4.38. The SMILES string of the molecule is CCOCc1ccc(Br)cc1C(F)(F)F. The molecule has 1 nitrogen and oxygen atoms in total. The van der Waals surface area contributed by atoms with E-state index in [0.29, 0.717) is 11.1 Å². The van der Waals surface area contributed by atoms with Crippen LogP contribution < -0.4 is 0 Å². The second-order valence-corrected chi connectivity index (χ2v) is 3.85. The van der Waals surface area contributed by atoms with E-state index in [1.54, 1.807) is 13.0 Å². The second kappa shape index (κ2) is 4.99. The van der Waals surface area contributed by atoms with Gasteiger partial charge in [-0.3, -0.25) is 0 Å². The number of ether oxygens (including phenoxy) is 1. The number of halogens is 4. The maximum atomic E-state index is 12.6. The maximum absolute atomic E-state index is 12.6. The third kappa shape index (κ3) is 3.50. The Bertz CT molecular complexity index is 336. The van der Waals surface area contributed by atoms with Gasteiger partial charge in [-0.05, 0) is 24.6 Å². The number of alkyl halides is 3. The first-order chi connectivity index (χ1) is 6.95. The average molecular weight is 283 g/mol. The van der Waals surface area contributed by atoms with Crippen molar-refractivity contribution in [1.82, 2.24) is 0 Å². The van der Waals surface area contributed by atoms with Gasteiger partial charge < -0.3 is 4.74 Å². The largest absolute Gasteiger partial charge is 0.416 e. The summed E-state index contributed by atoms with van der Waals surface area (Å²) in [6.45, 7) is 2.12. The van der Waals surface area contributed by atoms with E-state index in [9.17, 15) is 13.2 Å². The Labute approximate surface area is 94.4 Å². The smallest absolute Gasteiger partial charge is 0.377 e. The molecule has 0 aliphatic rings. The number of benzene rings is 1. The van der Waals surface area contributed by atoms with Crippen LogP contribution in [0, 0.1) is 0 Å². The summed E-state index contributed by atoms with van der Waals surface area (Å²) in [5.41, 5.74) is -0.488. The molecular formula is C10H10BrF3O. The summed E-state index contributed by atoms with van der Waals surface area (Å²) in [5, 5.41) is 0. The molecule has 5 heteroatoms. The zero-order chi connectivity index (χ0) is 11.5. The molecule has 1 aromatic rings. The van der Waals surface area contributed by atoms with Gasteiger partial charge in [-0.2, -0.15) is 13.2 Å². The second-order valence-electron chi connectivity index (χ2n) is 2.94. The van der Waals surface area contributed by atoms with Gasteiger partial charge in [0.15, 0.2) is 0 Å². The van der Waals surface area contributed by atoms with Crippen LogP contribution in [0.4, 0.5) is 13.2 Å². The molecule has 0 aromatic heterocycles. The number of hydrogen-bond acceptors (Lipinski definition) is 1. The molecule has 0 unspecified atom stereocenters. The molecule has 0 N–H and O–H groups in total. The molecular weight excluding hydrogens is 273 g/mol. The van der Waals surface area contributed by atoms with Crippen LogP contribution in [0.25, 0.3) is 0 Å². The van der Waals surface area contributed by atoms with Crippen LogP contribution in [0.3, 0.4) is 0 Å². The molecule has 0 aliphatic heterocycles. The van der Waals surface area contributed by atoms with E-state index in [4.69, 9.17) is 4.74 Å². The predicted octanol–water partition coefficient (Wildman–Crippen LogP) is 4.00. The van der Waals surface area contributed by atoms with Crippen molar-refractivity contribution in [1.29, 1.82) is 0 Å². The first-order valence-corrected chi connectivity index (χ1v) is 5.17. The molecule has 0 radical (unpaired) electrons. The maximum Gasteiger partial charge on any atom is 0.416 e. The van der Waals surface area contributed by atoms with Crippen LogP contribution in [-0.2, 0) is 17.5 Å². The molecule has 0 spiro atoms. The number of rotatable bonds is 3. The van der Waals surface area contributed by atoms with Gasteiger partial charge in [0.2, 0.25) is 0 Å². The van der Waals surface area contributed by atoms with E-state index in [2.05, 4.69) is 15.9 Å². The van der Waals surface area contributed by atoms with Crippen molar-refractivity contribution in [3.8, 4) is 0 Å². The summed E-state index contributed by atoms with van der Waals surface area (Å²) < 4.78 is 43.1. The minimum absolute atomic E-state index is 0.0153. The Kier molecular flexibility index (Phi) is 4.16. The van der Waals surface area contributed by atoms with Crippen LogP contribution >= 0.6 is 15.9 Å². The lowest BCUT2D eigenvalue weighted by atomic mass is 10.1. The molecule has 0 saturated heterocycles. The average Bonchev–Trinajstić information content (AvgIpc) is 2.14. The van der Waals surface area contributed by atoms with Gasteiger partial charge in [-0.1, -0.05) is 22.0 Å². The molecule has 1 aromatic carbocycles. The molecule has 0 heterocycles. The quantitative estimate of drug-likeness (QED) is 0.814. The lowest BCUT2D eigenvalue weighted by Crippen LogP contribution is -2.10. The van der Waals surface area contributed by atoms with Crippen molar-refractivity contribution < 1.29 is 17.9 Å². The molecule has 15 heavy (non-hydrogen) atoms. The van der Waals surface area contributed by atoms with Crippen molar-refractivity contribution >= 4 is 15.9 Å². The zero-order valence-electron chi connectivity index (χ0n) is 8.07. The molecule has 1 rings (SSSR count). The fourth-order valence-corrected chi connectivity index (χ4v) is 1.51. The highest BCUT2D eigenvalue weighted by Crippen LogP contribution is 2.34. The fraction of sp³-hybridized carbons (Fsp3) is 0.400. The Morgan fingerprint density at radius 1 is 1.33 bits per heavy atom. The van der Waals surface area contributed by atoms with Crippen LogP contribution in [-0.4, -0.2) is 6.61 Å². The molecule has 0 bridgehead atoms. The highest BCUT2D eigenvalue weighted by molar-refractivity contribution is 9.10. The van der Waals surface area contributed by atoms with Gasteiger partial charge in [0.05, 0.1) is 12.2 Å². The lowest BCUT2D eigenvalue weighted by Gasteiger charge is -2.13. The van der Waals surface area contributed by atoms with Gasteiger partial charge >= 0.3 is 6.18 Å². The molecule has 0 atom stereocenters. The molecule has 0 aliphatic carbocycles. The summed E-state index contributed by atoms with van der Waals surface area (Å²) in [5.74, 6) is 0. The van der Waals surface area contributed by atoms with E-state index in [1.807, 2.05) is 0 Å². The monoisotopic (exact) mass is 282 g/mol. The zero-order valence-corrected chi connectivity index (χ0v) is 9.65. The molecule has 0 fully saturated rings. The van der Waals surface area contributed by atoms with Gasteiger partial charge in [-0.15, -0.1) is 0 Å². The molecule has 0 saturated carbocycles. The standard InChI is InChI=1S/C10H10BrF3O/c1-2-15-6-7-3-4-8(11)5-9(7)10(12,13)14/h3-5H,2,6H2,1H3. The Hall–Kier alpha value is -0.550. The molecule has 84 valence electrons. The van der Waals surface area contributed by atoms with Crippen LogP contribution in [0.2, 0.25) is 0 Å². The fourth-order valence-electron chi connectivity index (χ4n) is 1.15. The summed E-state index contributed by atoms with van der Waals surface area (Å²) in [6.07, 6.45) is -4.34. The topological polar surface area (TPSA) is 9.23 Å². The van der Waals surface area contributed by atoms with E-state index < -0.39 is 11.7 Å². The summed E-state index contributed by atoms with van der Waals surface area (Å²) in [6, 6.07) is 4.06. The van der Waals surface area contributed by atoms with E-state index in [-0.39, 0.29) is 12.2 Å². The van der Waals surface area contributed by atoms with Crippen LogP contribution in [0.5, 0.6) is 0 Å². The van der Waals surface area contributed by atoms with Crippen LogP contribution in [0.15, 0.2) is 22.7 Å². The molecule has 0 amide bonds. The van der Waals surface area contributed by atoms with E-state index in [1.165, 1.54) is 6.07 Å². The van der Waals surface area contributed by atoms with Gasteiger partial charge in [0.25, 0.3) is 0 Å². The van der Waals surface area contributed by atoms with Crippen molar-refractivity contribution in [2.24, 2.45) is 0 Å². The third-order valence-corrected chi connectivity index (χ3v) is 2.33. The number of hydrogen-bond donors (Lipinski definition) is 0. The summed E-state index contributed by atoms with van der Waals surface area (Å²) in [7, 11) is 0. The van der Waals surface area contributed by atoms with Crippen molar-refractivity contribution in [2.45, 2.75) is 19.7 Å². The predicted molar refractivity (Wildman–Crippen MR) is 54.5 cm³/mol. The highest BCUT2D eigenvalue weighted by Gasteiger charge is 2.33. The van der Waals surface area contributed by atoms with Crippen LogP contribution in [0.1, 0.15) is 18.1 Å². The van der Waals surface area contributed by atoms with Crippen molar-refractivity contribution in [3.63, 3.8) is 0 Å². The Morgan fingerprint density at radius 3 is 2.53 bits per heavy atom. The lowest BCUT2D eigenvalue weighted by molar-refractivity contribution is -0.138. The highest BCUT2D eigenvalue weighted by atomic mass is 79.9. The van der Waals surface area contributed by atoms with Crippen molar-refractivity contribution in [3.05, 3.63) is 33.8 Å². The van der Waals surface area contributed by atoms with Gasteiger partial charge in [0, 0.05) is 11.1 Å². The summed E-state index contributed by atoms with van der Waals surface area (Å²) in [4.78, 5) is 0. The van der Waals surface area contributed by atoms with Gasteiger partial charge in [-0.25, -0.2) is 0 Å². The van der Waals surface area contributed by atoms with Gasteiger partial charge in [0.1, 0.15) is 0 Å². The third-order valence-electron chi connectivity index (χ3n) is 1.84. The van der Waals surface area contributed by atoms with E-state index >= 15 is 0 Å². The minimum Gasteiger partial charge on any atom is -0.377 e. The normalized spacial score (nSPS) is 11.8. The first kappa shape index (κ1) is 12.5. The summed E-state index contributed by atoms with van der Waals surface area (Å²) >= 11 is 3.02.